The zero-order valence-electron chi connectivity index (χ0n) is 17.4. The number of sulfonamides is 1. The highest BCUT2D eigenvalue weighted by Crippen LogP contribution is 2.26. The number of halogens is 3. The summed E-state index contributed by atoms with van der Waals surface area (Å²) in [4.78, 5) is 12.9. The molecule has 0 radical (unpaired) electrons. The van der Waals surface area contributed by atoms with Gasteiger partial charge in [-0.3, -0.25) is 4.79 Å². The molecule has 3 aromatic carbocycles. The Labute approximate surface area is 200 Å². The standard InChI is InChI=1S/C23H21BrClFN2O3S/c1-15-11-18(24)12-16(2)23(15)27-22(29)14-28(13-17-3-7-20(26)8-4-17)32(30,31)21-9-5-19(25)6-10-21/h3-12H,13-14H2,1-2H3,(H,27,29). The Morgan fingerprint density at radius 1 is 1.03 bits per heavy atom. The highest BCUT2D eigenvalue weighted by Gasteiger charge is 2.27. The molecule has 0 aliphatic rings. The number of rotatable bonds is 7. The van der Waals surface area contributed by atoms with Crippen LogP contribution in [0.1, 0.15) is 16.7 Å². The van der Waals surface area contributed by atoms with Gasteiger partial charge < -0.3 is 5.32 Å². The van der Waals surface area contributed by atoms with Gasteiger partial charge in [0.05, 0.1) is 11.4 Å². The van der Waals surface area contributed by atoms with Gasteiger partial charge in [0.2, 0.25) is 15.9 Å². The van der Waals surface area contributed by atoms with Crippen molar-refractivity contribution in [2.45, 2.75) is 25.3 Å². The molecular formula is C23H21BrClFN2O3S. The van der Waals surface area contributed by atoms with Gasteiger partial charge in [0.15, 0.2) is 0 Å². The smallest absolute Gasteiger partial charge is 0.243 e. The third-order valence-corrected chi connectivity index (χ3v) is 7.32. The fourth-order valence-electron chi connectivity index (χ4n) is 3.22. The SMILES string of the molecule is Cc1cc(Br)cc(C)c1NC(=O)CN(Cc1ccc(F)cc1)S(=O)(=O)c1ccc(Cl)cc1. The normalized spacial score (nSPS) is 11.6. The van der Waals surface area contributed by atoms with E-state index in [4.69, 9.17) is 11.6 Å². The number of nitrogens with one attached hydrogen (secondary N) is 1. The van der Waals surface area contributed by atoms with Crippen molar-refractivity contribution in [2.24, 2.45) is 0 Å². The second kappa shape index (κ2) is 10.1. The lowest BCUT2D eigenvalue weighted by Crippen LogP contribution is -2.37. The maximum Gasteiger partial charge on any atom is 0.243 e. The summed E-state index contributed by atoms with van der Waals surface area (Å²) >= 11 is 9.31. The van der Waals surface area contributed by atoms with Crippen LogP contribution in [0.3, 0.4) is 0 Å². The monoisotopic (exact) mass is 538 g/mol. The molecule has 3 aromatic rings. The van der Waals surface area contributed by atoms with Crippen LogP contribution >= 0.6 is 27.5 Å². The van der Waals surface area contributed by atoms with Gasteiger partial charge >= 0.3 is 0 Å². The highest BCUT2D eigenvalue weighted by atomic mass is 79.9. The summed E-state index contributed by atoms with van der Waals surface area (Å²) in [5.41, 5.74) is 2.86. The van der Waals surface area contributed by atoms with E-state index in [-0.39, 0.29) is 11.4 Å². The van der Waals surface area contributed by atoms with Crippen LogP contribution < -0.4 is 5.32 Å². The van der Waals surface area contributed by atoms with Crippen LogP contribution in [0.25, 0.3) is 0 Å². The molecule has 0 aliphatic heterocycles. The Morgan fingerprint density at radius 3 is 2.16 bits per heavy atom. The van der Waals surface area contributed by atoms with Crippen LogP contribution in [0.4, 0.5) is 10.1 Å². The number of amides is 1. The zero-order chi connectivity index (χ0) is 23.5. The lowest BCUT2D eigenvalue weighted by Gasteiger charge is -2.23. The first-order valence-electron chi connectivity index (χ1n) is 9.63. The van der Waals surface area contributed by atoms with E-state index in [9.17, 15) is 17.6 Å². The van der Waals surface area contributed by atoms with E-state index in [2.05, 4.69) is 21.2 Å². The zero-order valence-corrected chi connectivity index (χ0v) is 20.6. The predicted molar refractivity (Wildman–Crippen MR) is 128 cm³/mol. The van der Waals surface area contributed by atoms with Gasteiger partial charge in [-0.25, -0.2) is 12.8 Å². The Bertz CT molecular complexity index is 1210. The maximum absolute atomic E-state index is 13.3. The lowest BCUT2D eigenvalue weighted by atomic mass is 10.1. The first kappa shape index (κ1) is 24.4. The van der Waals surface area contributed by atoms with Crippen molar-refractivity contribution in [1.29, 1.82) is 0 Å². The number of benzene rings is 3. The topological polar surface area (TPSA) is 66.5 Å². The molecule has 0 heterocycles. The molecule has 0 spiro atoms. The van der Waals surface area contributed by atoms with Gasteiger partial charge in [0.25, 0.3) is 0 Å². The number of anilines is 1. The molecule has 32 heavy (non-hydrogen) atoms. The molecule has 0 saturated carbocycles. The summed E-state index contributed by atoms with van der Waals surface area (Å²) in [6.45, 7) is 3.19. The molecular weight excluding hydrogens is 519 g/mol. The second-order valence-electron chi connectivity index (χ2n) is 7.32. The van der Waals surface area contributed by atoms with Crippen molar-refractivity contribution in [3.8, 4) is 0 Å². The Morgan fingerprint density at radius 2 is 1.59 bits per heavy atom. The van der Waals surface area contributed by atoms with Gasteiger partial charge in [0.1, 0.15) is 5.82 Å². The molecule has 9 heteroatoms. The van der Waals surface area contributed by atoms with Crippen LogP contribution in [0.2, 0.25) is 5.02 Å². The van der Waals surface area contributed by atoms with E-state index >= 15 is 0 Å². The summed E-state index contributed by atoms with van der Waals surface area (Å²) in [6, 6.07) is 14.9. The van der Waals surface area contributed by atoms with Crippen LogP contribution in [-0.4, -0.2) is 25.2 Å². The second-order valence-corrected chi connectivity index (χ2v) is 10.6. The molecule has 168 valence electrons. The van der Waals surface area contributed by atoms with Gasteiger partial charge in [-0.05, 0) is 79.1 Å². The quantitative estimate of drug-likeness (QED) is 0.420. The first-order valence-corrected chi connectivity index (χ1v) is 12.2. The molecule has 0 aromatic heterocycles. The molecule has 1 N–H and O–H groups in total. The Kier molecular flexibility index (Phi) is 7.71. The van der Waals surface area contributed by atoms with Crippen LogP contribution in [0.15, 0.2) is 70.0 Å². The molecule has 3 rings (SSSR count). The molecule has 1 amide bonds. The van der Waals surface area contributed by atoms with Gasteiger partial charge in [-0.1, -0.05) is 39.7 Å². The number of aryl methyl sites for hydroxylation is 2. The van der Waals surface area contributed by atoms with Crippen molar-refractivity contribution in [3.63, 3.8) is 0 Å². The fourth-order valence-corrected chi connectivity index (χ4v) is 5.42. The summed E-state index contributed by atoms with van der Waals surface area (Å²) in [5, 5.41) is 3.21. The van der Waals surface area contributed by atoms with Gasteiger partial charge in [-0.15, -0.1) is 0 Å². The average molecular weight is 540 g/mol. The number of carbonyl (C=O) groups excluding carboxylic acids is 1. The molecule has 0 fully saturated rings. The van der Waals surface area contributed by atoms with Crippen molar-refractivity contribution in [1.82, 2.24) is 4.31 Å². The van der Waals surface area contributed by atoms with Crippen molar-refractivity contribution < 1.29 is 17.6 Å². The summed E-state index contributed by atoms with van der Waals surface area (Å²) < 4.78 is 41.9. The summed E-state index contributed by atoms with van der Waals surface area (Å²) in [5.74, 6) is -0.919. The first-order chi connectivity index (χ1) is 15.1. The highest BCUT2D eigenvalue weighted by molar-refractivity contribution is 9.10. The van der Waals surface area contributed by atoms with Crippen LogP contribution in [0, 0.1) is 19.7 Å². The van der Waals surface area contributed by atoms with E-state index < -0.39 is 28.3 Å². The molecule has 0 unspecified atom stereocenters. The predicted octanol–water partition coefficient (Wildman–Crippen LogP) is 5.69. The van der Waals surface area contributed by atoms with E-state index in [1.165, 1.54) is 48.5 Å². The maximum atomic E-state index is 13.3. The van der Waals surface area contributed by atoms with E-state index in [0.717, 1.165) is 19.9 Å². The van der Waals surface area contributed by atoms with Crippen molar-refractivity contribution in [2.75, 3.05) is 11.9 Å². The molecule has 0 saturated heterocycles. The molecule has 0 bridgehead atoms. The Balaban J connectivity index is 1.90. The number of carbonyl (C=O) groups is 1. The number of nitrogens with zero attached hydrogens (tertiary/aromatic N) is 1. The van der Waals surface area contributed by atoms with E-state index in [1.54, 1.807) is 0 Å². The summed E-state index contributed by atoms with van der Waals surface area (Å²) in [6.07, 6.45) is 0. The molecule has 0 aliphatic carbocycles. The number of hydrogen-bond acceptors (Lipinski definition) is 3. The van der Waals surface area contributed by atoms with Crippen molar-refractivity contribution >= 4 is 49.1 Å². The van der Waals surface area contributed by atoms with E-state index in [1.807, 2.05) is 26.0 Å². The minimum Gasteiger partial charge on any atom is -0.324 e. The number of hydrogen-bond donors (Lipinski definition) is 1. The molecule has 0 atom stereocenters. The van der Waals surface area contributed by atoms with Gasteiger partial charge in [0, 0.05) is 21.7 Å². The third kappa shape index (κ3) is 5.95. The van der Waals surface area contributed by atoms with Crippen molar-refractivity contribution in [3.05, 3.63) is 92.7 Å². The minimum atomic E-state index is -4.03. The van der Waals surface area contributed by atoms with Crippen LogP contribution in [-0.2, 0) is 21.4 Å². The van der Waals surface area contributed by atoms with Gasteiger partial charge in [-0.2, -0.15) is 4.31 Å². The fraction of sp³-hybridized carbons (Fsp3) is 0.174. The van der Waals surface area contributed by atoms with Crippen LogP contribution in [0.5, 0.6) is 0 Å². The molecule has 5 nitrogen and oxygen atoms in total. The average Bonchev–Trinajstić information content (AvgIpc) is 2.72. The van der Waals surface area contributed by atoms with E-state index in [0.29, 0.717) is 16.3 Å². The third-order valence-electron chi connectivity index (χ3n) is 4.81. The summed E-state index contributed by atoms with van der Waals surface area (Å²) in [7, 11) is -4.03. The minimum absolute atomic E-state index is 0.00724. The Hall–Kier alpha value is -2.26. The lowest BCUT2D eigenvalue weighted by molar-refractivity contribution is -0.116. The largest absolute Gasteiger partial charge is 0.324 e.